The first-order valence-electron chi connectivity index (χ1n) is 11.1. The molecule has 1 aliphatic rings. The SMILES string of the molecule is CC(C)N([Si](C)(C)C)[Si]1(N(C(C)C)[Si](C)(C)C)N[Si](C(C)(C)C)(C(C)(C)C)O1. The van der Waals surface area contributed by atoms with Crippen LogP contribution in [0.15, 0.2) is 0 Å². The maximum atomic E-state index is 7.63. The summed E-state index contributed by atoms with van der Waals surface area (Å²) in [4.78, 5) is 0. The van der Waals surface area contributed by atoms with E-state index in [9.17, 15) is 0 Å². The van der Waals surface area contributed by atoms with E-state index in [0.29, 0.717) is 12.1 Å². The van der Waals surface area contributed by atoms with Gasteiger partial charge in [-0.3, -0.25) is 13.1 Å². The Morgan fingerprint density at radius 3 is 1.07 bits per heavy atom. The van der Waals surface area contributed by atoms with Gasteiger partial charge in [0.1, 0.15) is 16.5 Å². The van der Waals surface area contributed by atoms with Crippen LogP contribution in [0.4, 0.5) is 0 Å². The minimum absolute atomic E-state index is 0.145. The van der Waals surface area contributed by atoms with E-state index < -0.39 is 33.8 Å². The second-order valence-corrected chi connectivity index (χ2v) is 32.2. The van der Waals surface area contributed by atoms with Crippen LogP contribution in [0, 0.1) is 0 Å². The lowest BCUT2D eigenvalue weighted by Crippen LogP contribution is -3.00. The number of rotatable bonds is 6. The molecule has 0 saturated carbocycles. The van der Waals surface area contributed by atoms with Gasteiger partial charge in [-0.15, -0.1) is 0 Å². The van der Waals surface area contributed by atoms with Gasteiger partial charge in [0.05, 0.1) is 0 Å². The molecule has 1 aliphatic heterocycles. The summed E-state index contributed by atoms with van der Waals surface area (Å²) in [5.41, 5.74) is 0. The van der Waals surface area contributed by atoms with Gasteiger partial charge >= 0.3 is 8.80 Å². The average molecular weight is 462 g/mol. The molecule has 1 N–H and O–H groups in total. The smallest absolute Gasteiger partial charge is 0.409 e. The lowest BCUT2D eigenvalue weighted by Gasteiger charge is -2.72. The molecule has 1 saturated heterocycles. The van der Waals surface area contributed by atoms with Gasteiger partial charge in [0.25, 0.3) is 8.48 Å². The Kier molecular flexibility index (Phi) is 7.34. The molecule has 28 heavy (non-hydrogen) atoms. The fourth-order valence-electron chi connectivity index (χ4n) is 5.75. The molecule has 1 rings (SSSR count). The van der Waals surface area contributed by atoms with Gasteiger partial charge in [0.15, 0.2) is 0 Å². The Balaban J connectivity index is 3.76. The van der Waals surface area contributed by atoms with Crippen molar-refractivity contribution in [2.24, 2.45) is 0 Å². The summed E-state index contributed by atoms with van der Waals surface area (Å²) in [5.74, 6) is 0. The van der Waals surface area contributed by atoms with Crippen molar-refractivity contribution in [2.45, 2.75) is 131 Å². The lowest BCUT2D eigenvalue weighted by molar-refractivity contribution is 0.221. The molecule has 0 radical (unpaired) electrons. The van der Waals surface area contributed by atoms with Crippen LogP contribution in [0.2, 0.25) is 49.4 Å². The maximum absolute atomic E-state index is 7.63. The van der Waals surface area contributed by atoms with Crippen LogP contribution in [-0.2, 0) is 4.12 Å². The zero-order chi connectivity index (χ0) is 22.7. The lowest BCUT2D eigenvalue weighted by atomic mass is 10.2. The number of hydrogen-bond acceptors (Lipinski definition) is 4. The molecule has 0 aliphatic carbocycles. The van der Waals surface area contributed by atoms with E-state index in [1.165, 1.54) is 0 Å². The third-order valence-corrected chi connectivity index (χ3v) is 27.3. The van der Waals surface area contributed by atoms with Crippen molar-refractivity contribution in [1.29, 1.82) is 0 Å². The number of nitrogens with zero attached hydrogens (tertiary/aromatic N) is 2. The summed E-state index contributed by atoms with van der Waals surface area (Å²) in [6.07, 6.45) is 0. The van der Waals surface area contributed by atoms with Gasteiger partial charge < -0.3 is 4.12 Å². The van der Waals surface area contributed by atoms with Crippen LogP contribution in [0.1, 0.15) is 69.2 Å². The highest BCUT2D eigenvalue weighted by Crippen LogP contribution is 2.57. The van der Waals surface area contributed by atoms with Gasteiger partial charge in [-0.2, -0.15) is 0 Å². The van der Waals surface area contributed by atoms with Crippen molar-refractivity contribution < 1.29 is 4.12 Å². The summed E-state index contributed by atoms with van der Waals surface area (Å²) in [5, 5.41) is 0.290. The van der Waals surface area contributed by atoms with E-state index in [-0.39, 0.29) is 10.1 Å². The Morgan fingerprint density at radius 2 is 0.929 bits per heavy atom. The number of hydrogen-bond donors (Lipinski definition) is 1. The normalized spacial score (nSPS) is 21.0. The first-order chi connectivity index (χ1) is 12.0. The topological polar surface area (TPSA) is 27.7 Å². The molecule has 0 aromatic rings. The second kappa shape index (κ2) is 7.69. The molecule has 0 atom stereocenters. The number of nitrogens with one attached hydrogen (secondary N) is 1. The van der Waals surface area contributed by atoms with Crippen molar-refractivity contribution in [3.8, 4) is 0 Å². The molecule has 168 valence electrons. The first kappa shape index (κ1) is 26.7. The van der Waals surface area contributed by atoms with E-state index in [4.69, 9.17) is 4.12 Å². The molecule has 0 aromatic carbocycles. The molecule has 0 unspecified atom stereocenters. The quantitative estimate of drug-likeness (QED) is 0.478. The van der Waals surface area contributed by atoms with Gasteiger partial charge in [-0.25, -0.2) is 0 Å². The molecule has 0 aromatic heterocycles. The summed E-state index contributed by atoms with van der Waals surface area (Å²) in [6.45, 7) is 38.8. The monoisotopic (exact) mass is 461 g/mol. The predicted molar refractivity (Wildman–Crippen MR) is 136 cm³/mol. The van der Waals surface area contributed by atoms with Crippen molar-refractivity contribution >= 4 is 33.8 Å². The molecular weight excluding hydrogens is 411 g/mol. The highest BCUT2D eigenvalue weighted by atomic mass is 28.5. The minimum atomic E-state index is -2.45. The Morgan fingerprint density at radius 1 is 0.679 bits per heavy atom. The van der Waals surface area contributed by atoms with E-state index in [1.807, 2.05) is 0 Å². The molecule has 8 heteroatoms. The Bertz CT molecular complexity index is 504. The van der Waals surface area contributed by atoms with Gasteiger partial charge in [0, 0.05) is 0 Å². The minimum Gasteiger partial charge on any atom is -0.409 e. The van der Waals surface area contributed by atoms with Crippen LogP contribution in [0.3, 0.4) is 0 Å². The van der Waals surface area contributed by atoms with Crippen molar-refractivity contribution in [2.75, 3.05) is 0 Å². The maximum Gasteiger partial charge on any atom is 0.417 e. The molecular formula is C20H51N3OSi4. The zero-order valence-electron chi connectivity index (χ0n) is 22.0. The van der Waals surface area contributed by atoms with Gasteiger partial charge in [0.2, 0.25) is 0 Å². The van der Waals surface area contributed by atoms with E-state index in [1.54, 1.807) is 0 Å². The molecule has 0 amide bonds. The summed E-state index contributed by atoms with van der Waals surface area (Å²) < 4.78 is 17.8. The van der Waals surface area contributed by atoms with Crippen LogP contribution >= 0.6 is 0 Å². The molecule has 4 nitrogen and oxygen atoms in total. The fourth-order valence-corrected chi connectivity index (χ4v) is 33.6. The third kappa shape index (κ3) is 4.49. The van der Waals surface area contributed by atoms with Crippen LogP contribution in [0.25, 0.3) is 0 Å². The third-order valence-electron chi connectivity index (χ3n) is 5.88. The van der Waals surface area contributed by atoms with Crippen LogP contribution in [-0.4, -0.2) is 54.3 Å². The van der Waals surface area contributed by atoms with E-state index in [0.717, 1.165) is 0 Å². The average Bonchev–Trinajstić information content (AvgIpc) is 2.26. The zero-order valence-corrected chi connectivity index (χ0v) is 26.0. The summed E-state index contributed by atoms with van der Waals surface area (Å²) >= 11 is 0. The van der Waals surface area contributed by atoms with Gasteiger partial charge in [-0.05, 0) is 22.2 Å². The summed E-state index contributed by atoms with van der Waals surface area (Å²) in [6, 6.07) is 0.964. The van der Waals surface area contributed by atoms with Crippen LogP contribution in [0.5, 0.6) is 0 Å². The standard InChI is InChI=1S/C20H51N3OSi4/c1-17(2)22(25(11,12)13)28(23(18(3)4)26(14,15)16)21-27(24-28,19(5,6)7)20(8,9)10/h17-18,21H,1-16H3. The molecule has 0 bridgehead atoms. The van der Waals surface area contributed by atoms with E-state index in [2.05, 4.69) is 122 Å². The Hall–Kier alpha value is 0.708. The predicted octanol–water partition coefficient (Wildman–Crippen LogP) is 6.17. The molecule has 1 heterocycles. The highest BCUT2D eigenvalue weighted by Gasteiger charge is 2.76. The highest BCUT2D eigenvalue weighted by molar-refractivity contribution is 7.07. The van der Waals surface area contributed by atoms with Crippen molar-refractivity contribution in [3.63, 3.8) is 0 Å². The Labute approximate surface area is 181 Å². The first-order valence-corrected chi connectivity index (χ1v) is 21.7. The molecule has 1 fully saturated rings. The fraction of sp³-hybridized carbons (Fsp3) is 1.00. The van der Waals surface area contributed by atoms with E-state index >= 15 is 0 Å². The second-order valence-electron chi connectivity index (χ2n) is 13.3. The molecule has 0 spiro atoms. The van der Waals surface area contributed by atoms with Crippen molar-refractivity contribution in [3.05, 3.63) is 0 Å². The van der Waals surface area contributed by atoms with Crippen LogP contribution < -0.4 is 4.65 Å². The van der Waals surface area contributed by atoms with Crippen molar-refractivity contribution in [1.82, 2.24) is 13.1 Å². The van der Waals surface area contributed by atoms with Gasteiger partial charge in [-0.1, -0.05) is 109 Å². The summed E-state index contributed by atoms with van der Waals surface area (Å²) in [7, 11) is -7.86. The largest absolute Gasteiger partial charge is 0.417 e.